The van der Waals surface area contributed by atoms with Gasteiger partial charge in [-0.25, -0.2) is 9.97 Å². The van der Waals surface area contributed by atoms with Crippen LogP contribution >= 0.6 is 11.3 Å². The summed E-state index contributed by atoms with van der Waals surface area (Å²) in [4.78, 5) is 29.7. The summed E-state index contributed by atoms with van der Waals surface area (Å²) in [6.45, 7) is 5.32. The van der Waals surface area contributed by atoms with Crippen molar-refractivity contribution in [3.05, 3.63) is 47.4 Å². The number of methoxy groups -OCH3 is 1. The molecule has 2 aromatic heterocycles. The van der Waals surface area contributed by atoms with Crippen LogP contribution in [0, 0.1) is 0 Å². The summed E-state index contributed by atoms with van der Waals surface area (Å²) in [5.74, 6) is 1.20. The van der Waals surface area contributed by atoms with E-state index >= 15 is 0 Å². The van der Waals surface area contributed by atoms with Gasteiger partial charge in [0.05, 0.1) is 10.4 Å². The molecule has 1 amide bonds. The summed E-state index contributed by atoms with van der Waals surface area (Å²) in [5, 5.41) is 3.96. The summed E-state index contributed by atoms with van der Waals surface area (Å²) in [6.07, 6.45) is 4.11. The molecule has 1 N–H and O–H groups in total. The molecule has 2 aliphatic rings. The SMILES string of the molecule is COC(C)(C)c1nc(C2CC2)c2sc(N3CCC[C@@H]3C(=O)NCc3ccccc3)nc2n1. The third-order valence-electron chi connectivity index (χ3n) is 6.39. The molecule has 1 saturated carbocycles. The topological polar surface area (TPSA) is 80.2 Å². The van der Waals surface area contributed by atoms with Crippen molar-refractivity contribution in [3.8, 4) is 0 Å². The van der Waals surface area contributed by atoms with Crippen molar-refractivity contribution in [1.82, 2.24) is 20.3 Å². The molecule has 0 unspecified atom stereocenters. The average Bonchev–Trinajstić information content (AvgIpc) is 3.37. The van der Waals surface area contributed by atoms with Gasteiger partial charge in [0.1, 0.15) is 11.6 Å². The Labute approximate surface area is 192 Å². The normalized spacial score (nSPS) is 19.0. The second-order valence-electron chi connectivity index (χ2n) is 9.13. The Hall–Kier alpha value is -2.58. The molecular weight excluding hydrogens is 422 g/mol. The number of amides is 1. The molecule has 1 aliphatic carbocycles. The molecule has 5 rings (SSSR count). The van der Waals surface area contributed by atoms with Crippen LogP contribution in [-0.4, -0.2) is 40.6 Å². The molecule has 2 fully saturated rings. The van der Waals surface area contributed by atoms with Crippen LogP contribution < -0.4 is 10.2 Å². The van der Waals surface area contributed by atoms with Gasteiger partial charge in [0.2, 0.25) is 5.91 Å². The molecule has 1 atom stereocenters. The summed E-state index contributed by atoms with van der Waals surface area (Å²) < 4.78 is 6.68. The van der Waals surface area contributed by atoms with Gasteiger partial charge in [-0.15, -0.1) is 0 Å². The quantitative estimate of drug-likeness (QED) is 0.582. The predicted molar refractivity (Wildman–Crippen MR) is 126 cm³/mol. The Morgan fingerprint density at radius 2 is 1.97 bits per heavy atom. The van der Waals surface area contributed by atoms with E-state index in [1.807, 2.05) is 44.2 Å². The summed E-state index contributed by atoms with van der Waals surface area (Å²) in [7, 11) is 1.68. The lowest BCUT2D eigenvalue weighted by molar-refractivity contribution is -0.122. The monoisotopic (exact) mass is 451 g/mol. The van der Waals surface area contributed by atoms with Gasteiger partial charge in [-0.1, -0.05) is 41.7 Å². The molecule has 3 heterocycles. The first-order chi connectivity index (χ1) is 15.5. The minimum Gasteiger partial charge on any atom is -0.371 e. The van der Waals surface area contributed by atoms with E-state index in [-0.39, 0.29) is 11.9 Å². The molecular formula is C24H29N5O2S. The van der Waals surface area contributed by atoms with Crippen molar-refractivity contribution in [2.45, 2.75) is 63.6 Å². The summed E-state index contributed by atoms with van der Waals surface area (Å²) in [5.41, 5.74) is 2.33. The van der Waals surface area contributed by atoms with Gasteiger partial charge < -0.3 is 15.0 Å². The number of ether oxygens (including phenoxy) is 1. The largest absolute Gasteiger partial charge is 0.371 e. The van der Waals surface area contributed by atoms with Crippen molar-refractivity contribution in [2.24, 2.45) is 0 Å². The fraction of sp³-hybridized carbons (Fsp3) is 0.500. The van der Waals surface area contributed by atoms with E-state index in [9.17, 15) is 4.79 Å². The van der Waals surface area contributed by atoms with Gasteiger partial charge in [0, 0.05) is 26.1 Å². The zero-order valence-corrected chi connectivity index (χ0v) is 19.6. The highest BCUT2D eigenvalue weighted by molar-refractivity contribution is 7.22. The van der Waals surface area contributed by atoms with Gasteiger partial charge in [-0.05, 0) is 45.1 Å². The van der Waals surface area contributed by atoms with Gasteiger partial charge >= 0.3 is 0 Å². The van der Waals surface area contributed by atoms with Crippen LogP contribution in [0.15, 0.2) is 30.3 Å². The minimum atomic E-state index is -0.574. The first-order valence-corrected chi connectivity index (χ1v) is 12.1. The first kappa shape index (κ1) is 21.3. The molecule has 3 aromatic rings. The highest BCUT2D eigenvalue weighted by Gasteiger charge is 2.36. The Morgan fingerprint density at radius 3 is 2.69 bits per heavy atom. The van der Waals surface area contributed by atoms with Crippen molar-refractivity contribution in [2.75, 3.05) is 18.6 Å². The van der Waals surface area contributed by atoms with E-state index in [4.69, 9.17) is 19.7 Å². The lowest BCUT2D eigenvalue weighted by Crippen LogP contribution is -2.43. The molecule has 32 heavy (non-hydrogen) atoms. The molecule has 0 radical (unpaired) electrons. The van der Waals surface area contributed by atoms with Crippen molar-refractivity contribution in [1.29, 1.82) is 0 Å². The summed E-state index contributed by atoms with van der Waals surface area (Å²) in [6, 6.07) is 9.81. The van der Waals surface area contributed by atoms with Gasteiger partial charge in [0.15, 0.2) is 16.6 Å². The minimum absolute atomic E-state index is 0.0558. The number of nitrogens with zero attached hydrogens (tertiary/aromatic N) is 4. The number of nitrogens with one attached hydrogen (secondary N) is 1. The van der Waals surface area contributed by atoms with Crippen LogP contribution in [0.3, 0.4) is 0 Å². The van der Waals surface area contributed by atoms with Crippen LogP contribution in [0.5, 0.6) is 0 Å². The van der Waals surface area contributed by atoms with Crippen LogP contribution in [0.2, 0.25) is 0 Å². The van der Waals surface area contributed by atoms with E-state index in [2.05, 4.69) is 10.2 Å². The fourth-order valence-corrected chi connectivity index (χ4v) is 5.27. The predicted octanol–water partition coefficient (Wildman–Crippen LogP) is 4.13. The van der Waals surface area contributed by atoms with Crippen molar-refractivity contribution < 1.29 is 9.53 Å². The Bertz CT molecular complexity index is 1130. The molecule has 7 nitrogen and oxygen atoms in total. The number of aromatic nitrogens is 3. The van der Waals surface area contributed by atoms with Crippen LogP contribution in [0.4, 0.5) is 5.13 Å². The zero-order chi connectivity index (χ0) is 22.3. The maximum atomic E-state index is 13.0. The average molecular weight is 452 g/mol. The number of benzene rings is 1. The van der Waals surface area contributed by atoms with E-state index < -0.39 is 5.60 Å². The van der Waals surface area contributed by atoms with E-state index in [0.717, 1.165) is 59.0 Å². The number of carbonyl (C=O) groups is 1. The Kier molecular flexibility index (Phi) is 5.59. The standard InChI is InChI=1S/C24H29N5O2S/c1-24(2,31-3)22-26-18(16-11-12-16)19-20(27-22)28-23(32-19)29-13-7-10-17(29)21(30)25-14-15-8-5-4-6-9-15/h4-6,8-9,16-17H,7,10-14H2,1-3H3,(H,25,30)/t17-/m1/s1. The molecule has 0 bridgehead atoms. The maximum Gasteiger partial charge on any atom is 0.243 e. The van der Waals surface area contributed by atoms with E-state index in [1.165, 1.54) is 0 Å². The third-order valence-corrected chi connectivity index (χ3v) is 7.50. The van der Waals surface area contributed by atoms with Crippen molar-refractivity contribution in [3.63, 3.8) is 0 Å². The second kappa shape index (κ2) is 8.41. The number of hydrogen-bond donors (Lipinski definition) is 1. The lowest BCUT2D eigenvalue weighted by atomic mass is 10.1. The summed E-state index contributed by atoms with van der Waals surface area (Å²) >= 11 is 1.62. The smallest absolute Gasteiger partial charge is 0.243 e. The van der Waals surface area contributed by atoms with Crippen LogP contribution in [0.25, 0.3) is 10.3 Å². The number of fused-ring (bicyclic) bond motifs is 1. The Morgan fingerprint density at radius 1 is 1.19 bits per heavy atom. The lowest BCUT2D eigenvalue weighted by Gasteiger charge is -2.23. The molecule has 168 valence electrons. The van der Waals surface area contributed by atoms with Gasteiger partial charge in [-0.2, -0.15) is 4.98 Å². The van der Waals surface area contributed by atoms with E-state index in [1.54, 1.807) is 18.4 Å². The number of hydrogen-bond acceptors (Lipinski definition) is 7. The van der Waals surface area contributed by atoms with Gasteiger partial charge in [-0.3, -0.25) is 4.79 Å². The number of anilines is 1. The van der Waals surface area contributed by atoms with E-state index in [0.29, 0.717) is 18.3 Å². The van der Waals surface area contributed by atoms with Crippen LogP contribution in [0.1, 0.15) is 62.5 Å². The second-order valence-corrected chi connectivity index (χ2v) is 10.1. The van der Waals surface area contributed by atoms with Crippen molar-refractivity contribution >= 4 is 32.7 Å². The number of thiazole rings is 1. The highest BCUT2D eigenvalue weighted by Crippen LogP contribution is 2.45. The van der Waals surface area contributed by atoms with Crippen LogP contribution in [-0.2, 0) is 21.7 Å². The first-order valence-electron chi connectivity index (χ1n) is 11.3. The third kappa shape index (κ3) is 4.09. The number of carbonyl (C=O) groups excluding carboxylic acids is 1. The number of rotatable bonds is 7. The molecule has 1 aliphatic heterocycles. The molecule has 1 aromatic carbocycles. The fourth-order valence-electron chi connectivity index (χ4n) is 4.12. The molecule has 1 saturated heterocycles. The molecule has 8 heteroatoms. The highest BCUT2D eigenvalue weighted by atomic mass is 32.1. The van der Waals surface area contributed by atoms with Gasteiger partial charge in [0.25, 0.3) is 0 Å². The maximum absolute atomic E-state index is 13.0. The Balaban J connectivity index is 1.42. The molecule has 0 spiro atoms. The zero-order valence-electron chi connectivity index (χ0n) is 18.8.